The van der Waals surface area contributed by atoms with E-state index in [1.54, 1.807) is 4.68 Å². The highest BCUT2D eigenvalue weighted by atomic mass is 16.1. The van der Waals surface area contributed by atoms with Crippen LogP contribution < -0.4 is 0 Å². The van der Waals surface area contributed by atoms with Crippen LogP contribution in [-0.2, 0) is 17.8 Å². The van der Waals surface area contributed by atoms with Crippen molar-refractivity contribution in [3.8, 4) is 0 Å². The third-order valence-corrected chi connectivity index (χ3v) is 2.85. The highest BCUT2D eigenvalue weighted by Crippen LogP contribution is 2.38. The third-order valence-electron chi connectivity index (χ3n) is 2.85. The monoisotopic (exact) mass is 193 g/mol. The summed E-state index contributed by atoms with van der Waals surface area (Å²) in [4.78, 5) is 15.8. The van der Waals surface area contributed by atoms with Gasteiger partial charge in [0.2, 0.25) is 0 Å². The van der Waals surface area contributed by atoms with Gasteiger partial charge in [-0.2, -0.15) is 5.10 Å². The summed E-state index contributed by atoms with van der Waals surface area (Å²) in [6.45, 7) is 4.90. The van der Waals surface area contributed by atoms with Crippen LogP contribution in [0.3, 0.4) is 0 Å². The van der Waals surface area contributed by atoms with Crippen molar-refractivity contribution >= 4 is 5.78 Å². The van der Waals surface area contributed by atoms with Crippen molar-refractivity contribution in [2.75, 3.05) is 0 Å². The molecular weight excluding hydrogens is 178 g/mol. The molecule has 14 heavy (non-hydrogen) atoms. The van der Waals surface area contributed by atoms with Gasteiger partial charge in [0, 0.05) is 12.5 Å². The third kappa shape index (κ3) is 1.69. The van der Waals surface area contributed by atoms with Crippen molar-refractivity contribution in [1.82, 2.24) is 14.8 Å². The van der Waals surface area contributed by atoms with E-state index in [-0.39, 0.29) is 5.92 Å². The first-order valence-corrected chi connectivity index (χ1v) is 5.11. The van der Waals surface area contributed by atoms with Crippen LogP contribution in [0.1, 0.15) is 26.1 Å². The SMILES string of the molecule is CCn1ncnc1CC(=O)C1CC1C. The molecule has 0 aromatic carbocycles. The molecule has 2 unspecified atom stereocenters. The van der Waals surface area contributed by atoms with Gasteiger partial charge < -0.3 is 0 Å². The van der Waals surface area contributed by atoms with Crippen molar-refractivity contribution in [2.45, 2.75) is 33.2 Å². The van der Waals surface area contributed by atoms with Crippen molar-refractivity contribution in [3.63, 3.8) is 0 Å². The zero-order valence-corrected chi connectivity index (χ0v) is 8.60. The molecule has 2 rings (SSSR count). The first kappa shape index (κ1) is 9.37. The van der Waals surface area contributed by atoms with Crippen LogP contribution in [0.4, 0.5) is 0 Å². The van der Waals surface area contributed by atoms with E-state index in [9.17, 15) is 4.79 Å². The van der Waals surface area contributed by atoms with Crippen LogP contribution in [0.5, 0.6) is 0 Å². The molecule has 0 spiro atoms. The smallest absolute Gasteiger partial charge is 0.143 e. The normalized spacial score (nSPS) is 25.0. The van der Waals surface area contributed by atoms with Crippen LogP contribution in [-0.4, -0.2) is 20.5 Å². The molecule has 1 aliphatic carbocycles. The Hall–Kier alpha value is -1.19. The van der Waals surface area contributed by atoms with E-state index in [2.05, 4.69) is 17.0 Å². The molecule has 1 saturated carbocycles. The van der Waals surface area contributed by atoms with E-state index in [0.29, 0.717) is 18.1 Å². The van der Waals surface area contributed by atoms with Gasteiger partial charge >= 0.3 is 0 Å². The van der Waals surface area contributed by atoms with E-state index < -0.39 is 0 Å². The Morgan fingerprint density at radius 1 is 1.71 bits per heavy atom. The molecule has 4 nitrogen and oxygen atoms in total. The number of hydrogen-bond acceptors (Lipinski definition) is 3. The van der Waals surface area contributed by atoms with Gasteiger partial charge in [-0.1, -0.05) is 6.92 Å². The van der Waals surface area contributed by atoms with E-state index >= 15 is 0 Å². The van der Waals surface area contributed by atoms with E-state index in [4.69, 9.17) is 0 Å². The first-order chi connectivity index (χ1) is 6.72. The fraction of sp³-hybridized carbons (Fsp3) is 0.700. The highest BCUT2D eigenvalue weighted by Gasteiger charge is 2.38. The molecule has 2 atom stereocenters. The molecule has 0 saturated heterocycles. The number of carbonyl (C=O) groups excluding carboxylic acids is 1. The molecule has 1 aromatic heterocycles. The van der Waals surface area contributed by atoms with Gasteiger partial charge in [0.15, 0.2) is 0 Å². The molecule has 1 heterocycles. The summed E-state index contributed by atoms with van der Waals surface area (Å²) < 4.78 is 1.78. The fourth-order valence-corrected chi connectivity index (χ4v) is 1.75. The van der Waals surface area contributed by atoms with Gasteiger partial charge in [0.25, 0.3) is 0 Å². The Kier molecular flexibility index (Phi) is 2.35. The summed E-state index contributed by atoms with van der Waals surface area (Å²) in [6.07, 6.45) is 3.02. The number of aromatic nitrogens is 3. The molecule has 1 aromatic rings. The average Bonchev–Trinajstić information content (AvgIpc) is 2.74. The molecule has 0 radical (unpaired) electrons. The van der Waals surface area contributed by atoms with E-state index in [1.807, 2.05) is 6.92 Å². The molecule has 0 bridgehead atoms. The Labute approximate surface area is 83.3 Å². The van der Waals surface area contributed by atoms with Gasteiger partial charge in [-0.25, -0.2) is 9.67 Å². The lowest BCUT2D eigenvalue weighted by Crippen LogP contribution is -2.12. The quantitative estimate of drug-likeness (QED) is 0.718. The van der Waals surface area contributed by atoms with Crippen LogP contribution in [0, 0.1) is 11.8 Å². The Morgan fingerprint density at radius 3 is 3.00 bits per heavy atom. The van der Waals surface area contributed by atoms with Crippen molar-refractivity contribution < 1.29 is 4.79 Å². The molecule has 0 aliphatic heterocycles. The van der Waals surface area contributed by atoms with Crippen molar-refractivity contribution in [2.24, 2.45) is 11.8 Å². The lowest BCUT2D eigenvalue weighted by molar-refractivity contribution is -0.120. The molecular formula is C10H15N3O. The summed E-state index contributed by atoms with van der Waals surface area (Å²) in [5, 5.41) is 4.04. The summed E-state index contributed by atoms with van der Waals surface area (Å²) in [5.74, 6) is 1.99. The van der Waals surface area contributed by atoms with Crippen molar-refractivity contribution in [1.29, 1.82) is 0 Å². The first-order valence-electron chi connectivity index (χ1n) is 5.11. The maximum Gasteiger partial charge on any atom is 0.143 e. The minimum atomic E-state index is 0.289. The van der Waals surface area contributed by atoms with Crippen LogP contribution in [0.15, 0.2) is 6.33 Å². The van der Waals surface area contributed by atoms with Gasteiger partial charge in [-0.3, -0.25) is 4.79 Å². The number of rotatable bonds is 4. The second-order valence-corrected chi connectivity index (χ2v) is 3.95. The predicted molar refractivity (Wildman–Crippen MR) is 51.7 cm³/mol. The van der Waals surface area contributed by atoms with Crippen LogP contribution in [0.2, 0.25) is 0 Å². The number of Topliss-reactive ketones (excluding diaryl/α,β-unsaturated/α-hetero) is 1. The topological polar surface area (TPSA) is 47.8 Å². The second-order valence-electron chi connectivity index (χ2n) is 3.95. The predicted octanol–water partition coefficient (Wildman–Crippen LogP) is 1.07. The van der Waals surface area contributed by atoms with Gasteiger partial charge in [0.1, 0.15) is 17.9 Å². The molecule has 1 fully saturated rings. The maximum absolute atomic E-state index is 11.7. The van der Waals surface area contributed by atoms with Gasteiger partial charge in [0.05, 0.1) is 6.42 Å². The minimum absolute atomic E-state index is 0.289. The Bertz CT molecular complexity index is 345. The zero-order valence-electron chi connectivity index (χ0n) is 8.60. The average molecular weight is 193 g/mol. The Morgan fingerprint density at radius 2 is 2.43 bits per heavy atom. The largest absolute Gasteiger partial charge is 0.299 e. The lowest BCUT2D eigenvalue weighted by atomic mass is 10.1. The molecule has 76 valence electrons. The number of nitrogens with zero attached hydrogens (tertiary/aromatic N) is 3. The van der Waals surface area contributed by atoms with E-state index in [1.165, 1.54) is 6.33 Å². The standard InChI is InChI=1S/C10H15N3O/c1-3-13-10(11-6-12-13)5-9(14)8-4-7(8)2/h6-8H,3-5H2,1-2H3. The van der Waals surface area contributed by atoms with Crippen LogP contribution >= 0.6 is 0 Å². The number of hydrogen-bond donors (Lipinski definition) is 0. The fourth-order valence-electron chi connectivity index (χ4n) is 1.75. The number of ketones is 1. The second kappa shape index (κ2) is 3.52. The molecule has 0 N–H and O–H groups in total. The van der Waals surface area contributed by atoms with Gasteiger partial charge in [-0.05, 0) is 19.3 Å². The lowest BCUT2D eigenvalue weighted by Gasteiger charge is -2.01. The summed E-state index contributed by atoms with van der Waals surface area (Å²) >= 11 is 0. The Balaban J connectivity index is 2.00. The van der Waals surface area contributed by atoms with Gasteiger partial charge in [-0.15, -0.1) is 0 Å². The summed E-state index contributed by atoms with van der Waals surface area (Å²) in [6, 6.07) is 0. The summed E-state index contributed by atoms with van der Waals surface area (Å²) in [5.41, 5.74) is 0. The van der Waals surface area contributed by atoms with E-state index in [0.717, 1.165) is 18.8 Å². The van der Waals surface area contributed by atoms with Crippen LogP contribution in [0.25, 0.3) is 0 Å². The van der Waals surface area contributed by atoms with Crippen molar-refractivity contribution in [3.05, 3.63) is 12.2 Å². The summed E-state index contributed by atoms with van der Waals surface area (Å²) in [7, 11) is 0. The number of aryl methyl sites for hydroxylation is 1. The molecule has 4 heteroatoms. The zero-order chi connectivity index (χ0) is 10.1. The number of carbonyl (C=O) groups is 1. The maximum atomic E-state index is 11.7. The molecule has 0 amide bonds. The highest BCUT2D eigenvalue weighted by molar-refractivity contribution is 5.85. The molecule has 1 aliphatic rings. The minimum Gasteiger partial charge on any atom is -0.299 e.